The minimum atomic E-state index is 0.0575. The summed E-state index contributed by atoms with van der Waals surface area (Å²) in [5.74, 6) is 1.60. The van der Waals surface area contributed by atoms with Crippen LogP contribution in [0, 0.1) is 5.92 Å². The summed E-state index contributed by atoms with van der Waals surface area (Å²) < 4.78 is 6.07. The number of hydrogen-bond acceptors (Lipinski definition) is 2. The van der Waals surface area contributed by atoms with Crippen LogP contribution < -0.4 is 10.1 Å². The maximum absolute atomic E-state index is 6.07. The van der Waals surface area contributed by atoms with Crippen LogP contribution in [0.2, 0.25) is 0 Å². The molecule has 20 heavy (non-hydrogen) atoms. The molecule has 1 saturated heterocycles. The average molecular weight is 275 g/mol. The van der Waals surface area contributed by atoms with E-state index in [9.17, 15) is 0 Å². The van der Waals surface area contributed by atoms with E-state index in [0.29, 0.717) is 5.92 Å². The number of benzene rings is 1. The first kappa shape index (κ1) is 15.4. The van der Waals surface area contributed by atoms with Gasteiger partial charge >= 0.3 is 0 Å². The van der Waals surface area contributed by atoms with Gasteiger partial charge in [0.25, 0.3) is 0 Å². The first-order valence-electron chi connectivity index (χ1n) is 8.07. The zero-order valence-electron chi connectivity index (χ0n) is 13.4. The van der Waals surface area contributed by atoms with Crippen molar-refractivity contribution < 1.29 is 4.74 Å². The van der Waals surface area contributed by atoms with Gasteiger partial charge in [-0.1, -0.05) is 44.9 Å². The second-order valence-corrected chi connectivity index (χ2v) is 6.53. The fourth-order valence-corrected chi connectivity index (χ4v) is 3.33. The molecule has 1 N–H and O–H groups in total. The van der Waals surface area contributed by atoms with Gasteiger partial charge in [-0.25, -0.2) is 0 Å². The van der Waals surface area contributed by atoms with Crippen molar-refractivity contribution >= 4 is 0 Å². The average Bonchev–Trinajstić information content (AvgIpc) is 2.65. The molecule has 0 aliphatic carbocycles. The van der Waals surface area contributed by atoms with E-state index < -0.39 is 0 Å². The molecule has 2 nitrogen and oxygen atoms in total. The van der Waals surface area contributed by atoms with Gasteiger partial charge < -0.3 is 10.1 Å². The molecule has 112 valence electrons. The van der Waals surface area contributed by atoms with Gasteiger partial charge in [-0.3, -0.25) is 0 Å². The summed E-state index contributed by atoms with van der Waals surface area (Å²) in [6.07, 6.45) is 5.31. The predicted molar refractivity (Wildman–Crippen MR) is 85.2 cm³/mol. The minimum absolute atomic E-state index is 0.0575. The third-order valence-corrected chi connectivity index (χ3v) is 4.40. The van der Waals surface area contributed by atoms with Crippen LogP contribution in [0.15, 0.2) is 24.3 Å². The van der Waals surface area contributed by atoms with Gasteiger partial charge in [0.05, 0.1) is 6.10 Å². The quantitative estimate of drug-likeness (QED) is 0.874. The number of ether oxygens (including phenoxy) is 1. The summed E-state index contributed by atoms with van der Waals surface area (Å²) in [6.45, 7) is 9.95. The lowest BCUT2D eigenvalue weighted by Gasteiger charge is -2.39. The van der Waals surface area contributed by atoms with Crippen LogP contribution >= 0.6 is 0 Å². The molecule has 0 radical (unpaired) electrons. The molecule has 1 aliphatic heterocycles. The molecule has 0 aromatic heterocycles. The monoisotopic (exact) mass is 275 g/mol. The van der Waals surface area contributed by atoms with Crippen LogP contribution in [0.5, 0.6) is 5.75 Å². The molecule has 1 aromatic rings. The molecule has 1 aliphatic rings. The van der Waals surface area contributed by atoms with Crippen molar-refractivity contribution in [1.29, 1.82) is 0 Å². The molecule has 0 spiro atoms. The molecule has 1 atom stereocenters. The van der Waals surface area contributed by atoms with Gasteiger partial charge in [-0.2, -0.15) is 0 Å². The highest BCUT2D eigenvalue weighted by atomic mass is 16.5. The molecule has 0 saturated carbocycles. The second-order valence-electron chi connectivity index (χ2n) is 6.53. The van der Waals surface area contributed by atoms with Crippen molar-refractivity contribution in [3.8, 4) is 5.75 Å². The Morgan fingerprint density at radius 1 is 1.05 bits per heavy atom. The van der Waals surface area contributed by atoms with Crippen molar-refractivity contribution in [1.82, 2.24) is 5.32 Å². The lowest BCUT2D eigenvalue weighted by Crippen LogP contribution is -2.46. The summed E-state index contributed by atoms with van der Waals surface area (Å²) in [4.78, 5) is 0. The molecule has 0 amide bonds. The van der Waals surface area contributed by atoms with E-state index in [0.717, 1.165) is 12.3 Å². The van der Waals surface area contributed by atoms with Crippen molar-refractivity contribution in [2.24, 2.45) is 5.92 Å². The standard InChI is InChI=1S/C18H29NO/c1-14(2)18(12-8-5-9-13-19-18)16-10-6-7-11-17(16)20-15(3)4/h6-7,10-11,14-15,19H,5,8-9,12-13H2,1-4H3. The maximum atomic E-state index is 6.07. The molecule has 1 unspecified atom stereocenters. The lowest BCUT2D eigenvalue weighted by molar-refractivity contribution is 0.199. The molecule has 2 heteroatoms. The summed E-state index contributed by atoms with van der Waals surface area (Å²) >= 11 is 0. The Balaban J connectivity index is 2.43. The van der Waals surface area contributed by atoms with Gasteiger partial charge in [0.1, 0.15) is 5.75 Å². The number of rotatable bonds is 4. The van der Waals surface area contributed by atoms with E-state index in [2.05, 4.69) is 57.3 Å². The number of para-hydroxylation sites is 1. The van der Waals surface area contributed by atoms with Crippen molar-refractivity contribution in [3.63, 3.8) is 0 Å². The topological polar surface area (TPSA) is 21.3 Å². The third kappa shape index (κ3) is 3.17. The van der Waals surface area contributed by atoms with Crippen molar-refractivity contribution in [3.05, 3.63) is 29.8 Å². The maximum Gasteiger partial charge on any atom is 0.124 e. The Bertz CT molecular complexity index is 417. The second kappa shape index (κ2) is 6.62. The summed E-state index contributed by atoms with van der Waals surface area (Å²) in [5.41, 5.74) is 1.40. The largest absolute Gasteiger partial charge is 0.491 e. The first-order chi connectivity index (χ1) is 9.56. The number of hydrogen-bond donors (Lipinski definition) is 1. The van der Waals surface area contributed by atoms with Gasteiger partial charge in [-0.15, -0.1) is 0 Å². The fraction of sp³-hybridized carbons (Fsp3) is 0.667. The van der Waals surface area contributed by atoms with E-state index in [1.54, 1.807) is 0 Å². The molecule has 2 rings (SSSR count). The van der Waals surface area contributed by atoms with Crippen molar-refractivity contribution in [2.75, 3.05) is 6.54 Å². The Kier molecular flexibility index (Phi) is 5.09. The highest BCUT2D eigenvalue weighted by Gasteiger charge is 2.37. The van der Waals surface area contributed by atoms with Crippen molar-refractivity contribution in [2.45, 2.75) is 65.0 Å². The Morgan fingerprint density at radius 3 is 2.50 bits per heavy atom. The van der Waals surface area contributed by atoms with E-state index in [4.69, 9.17) is 4.74 Å². The van der Waals surface area contributed by atoms with Crippen LogP contribution in [-0.4, -0.2) is 12.6 Å². The van der Waals surface area contributed by atoms with Crippen LogP contribution in [0.1, 0.15) is 58.9 Å². The Labute approximate surface area is 123 Å². The van der Waals surface area contributed by atoms with Gasteiger partial charge in [0.2, 0.25) is 0 Å². The van der Waals surface area contributed by atoms with E-state index >= 15 is 0 Å². The SMILES string of the molecule is CC(C)Oc1ccccc1C1(C(C)C)CCCCCN1. The lowest BCUT2D eigenvalue weighted by atomic mass is 9.76. The van der Waals surface area contributed by atoms with E-state index in [1.165, 1.54) is 31.2 Å². The molecular formula is C18H29NO. The minimum Gasteiger partial charge on any atom is -0.491 e. The van der Waals surface area contributed by atoms with E-state index in [1.807, 2.05) is 0 Å². The van der Waals surface area contributed by atoms with Gasteiger partial charge in [-0.05, 0) is 45.2 Å². The molecular weight excluding hydrogens is 246 g/mol. The highest BCUT2D eigenvalue weighted by molar-refractivity contribution is 5.40. The molecule has 1 heterocycles. The zero-order valence-corrected chi connectivity index (χ0v) is 13.4. The van der Waals surface area contributed by atoms with Crippen LogP contribution in [0.25, 0.3) is 0 Å². The molecule has 0 bridgehead atoms. The zero-order chi connectivity index (χ0) is 14.6. The van der Waals surface area contributed by atoms with Gasteiger partial charge in [0, 0.05) is 11.1 Å². The summed E-state index contributed by atoms with van der Waals surface area (Å²) in [7, 11) is 0. The fourth-order valence-electron chi connectivity index (χ4n) is 3.33. The first-order valence-corrected chi connectivity index (χ1v) is 8.07. The van der Waals surface area contributed by atoms with Gasteiger partial charge in [0.15, 0.2) is 0 Å². The predicted octanol–water partition coefficient (Wildman–Crippen LogP) is 4.49. The summed E-state index contributed by atoms with van der Waals surface area (Å²) in [6, 6.07) is 8.58. The van der Waals surface area contributed by atoms with Crippen LogP contribution in [-0.2, 0) is 5.54 Å². The van der Waals surface area contributed by atoms with Crippen LogP contribution in [0.3, 0.4) is 0 Å². The third-order valence-electron chi connectivity index (χ3n) is 4.40. The van der Waals surface area contributed by atoms with Crippen LogP contribution in [0.4, 0.5) is 0 Å². The van der Waals surface area contributed by atoms with E-state index in [-0.39, 0.29) is 11.6 Å². The molecule has 1 aromatic carbocycles. The summed E-state index contributed by atoms with van der Waals surface area (Å²) in [5, 5.41) is 3.84. The molecule has 1 fully saturated rings. The number of nitrogens with one attached hydrogen (secondary N) is 1. The highest BCUT2D eigenvalue weighted by Crippen LogP contribution is 2.41. The Hall–Kier alpha value is -1.02. The smallest absolute Gasteiger partial charge is 0.124 e. The Morgan fingerprint density at radius 2 is 1.80 bits per heavy atom. The normalized spacial score (nSPS) is 23.9.